The maximum atomic E-state index is 8.36. The molecule has 11 heteroatoms. The molecule has 2 unspecified atom stereocenters. The second kappa shape index (κ2) is 11.2. The molecule has 2 aromatic carbocycles. The predicted molar refractivity (Wildman–Crippen MR) is 111 cm³/mol. The summed E-state index contributed by atoms with van der Waals surface area (Å²) in [6, 6.07) is 12.7. The van der Waals surface area contributed by atoms with E-state index >= 15 is 0 Å². The normalized spacial score (nSPS) is 12.6. The summed E-state index contributed by atoms with van der Waals surface area (Å²) in [5, 5.41) is 14.9. The Morgan fingerprint density at radius 2 is 1.76 bits per heavy atom. The molecule has 0 spiro atoms. The van der Waals surface area contributed by atoms with Crippen molar-refractivity contribution in [2.45, 2.75) is 18.1 Å². The van der Waals surface area contributed by atoms with Gasteiger partial charge in [-0.05, 0) is 35.4 Å². The molecular formula is C18H15Cl4N3O4. The lowest BCUT2D eigenvalue weighted by molar-refractivity contribution is -0.742. The summed E-state index contributed by atoms with van der Waals surface area (Å²) in [5.74, 6) is 0.629. The van der Waals surface area contributed by atoms with Gasteiger partial charge in [0.1, 0.15) is 17.3 Å². The van der Waals surface area contributed by atoms with Crippen LogP contribution in [0.1, 0.15) is 28.4 Å². The van der Waals surface area contributed by atoms with Crippen LogP contribution < -0.4 is 0 Å². The number of rotatable bonds is 6. The number of imidazole rings is 1. The quantitative estimate of drug-likeness (QED) is 0.247. The third kappa shape index (κ3) is 7.38. The molecule has 3 aromatic rings. The van der Waals surface area contributed by atoms with E-state index in [0.717, 1.165) is 11.1 Å². The zero-order valence-electron chi connectivity index (χ0n) is 14.6. The molecule has 0 amide bonds. The van der Waals surface area contributed by atoms with Gasteiger partial charge in [-0.2, -0.15) is 0 Å². The van der Waals surface area contributed by atoms with Crippen LogP contribution >= 0.6 is 46.4 Å². The molecular weight excluding hydrogens is 464 g/mol. The van der Waals surface area contributed by atoms with Crippen molar-refractivity contribution in [3.8, 4) is 0 Å². The Hall–Kier alpha value is -2.03. The molecule has 154 valence electrons. The molecule has 1 aromatic heterocycles. The first-order valence-electron chi connectivity index (χ1n) is 8.05. The van der Waals surface area contributed by atoms with Gasteiger partial charge < -0.3 is 14.9 Å². The van der Waals surface area contributed by atoms with E-state index < -0.39 is 16.6 Å². The van der Waals surface area contributed by atoms with E-state index in [1.165, 1.54) is 0 Å². The molecule has 7 nitrogen and oxygen atoms in total. The van der Waals surface area contributed by atoms with Crippen LogP contribution in [0.5, 0.6) is 0 Å². The van der Waals surface area contributed by atoms with Gasteiger partial charge in [0.25, 0.3) is 5.09 Å². The van der Waals surface area contributed by atoms with Crippen molar-refractivity contribution in [3.05, 3.63) is 97.0 Å². The monoisotopic (exact) mass is 477 g/mol. The summed E-state index contributed by atoms with van der Waals surface area (Å²) >= 11 is 24.8. The Labute approximate surface area is 186 Å². The van der Waals surface area contributed by atoms with E-state index in [2.05, 4.69) is 9.97 Å². The van der Waals surface area contributed by atoms with Crippen molar-refractivity contribution in [2.75, 3.05) is 0 Å². The van der Waals surface area contributed by atoms with Gasteiger partial charge in [0.15, 0.2) is 0 Å². The lowest BCUT2D eigenvalue weighted by Crippen LogP contribution is -2.12. The summed E-state index contributed by atoms with van der Waals surface area (Å²) in [4.78, 5) is 15.6. The number of nitrogens with one attached hydrogen (secondary N) is 1. The van der Waals surface area contributed by atoms with Crippen molar-refractivity contribution >= 4 is 46.4 Å². The number of alkyl halides is 1. The summed E-state index contributed by atoms with van der Waals surface area (Å²) < 4.78 is 6.10. The molecule has 0 saturated carbocycles. The van der Waals surface area contributed by atoms with Crippen LogP contribution in [-0.2, 0) is 11.3 Å². The van der Waals surface area contributed by atoms with E-state index in [-0.39, 0.29) is 6.61 Å². The maximum Gasteiger partial charge on any atom is 0.291 e. The number of benzene rings is 2. The second-order valence-corrected chi connectivity index (χ2v) is 7.38. The van der Waals surface area contributed by atoms with E-state index in [4.69, 9.17) is 66.5 Å². The fourth-order valence-corrected chi connectivity index (χ4v) is 3.32. The van der Waals surface area contributed by atoms with E-state index in [9.17, 15) is 0 Å². The number of halogens is 4. The van der Waals surface area contributed by atoms with Crippen molar-refractivity contribution in [3.63, 3.8) is 0 Å². The van der Waals surface area contributed by atoms with Crippen molar-refractivity contribution < 1.29 is 15.0 Å². The summed E-state index contributed by atoms with van der Waals surface area (Å²) in [6.07, 6.45) is 2.94. The third-order valence-corrected chi connectivity index (χ3v) is 4.95. The van der Waals surface area contributed by atoms with Crippen LogP contribution in [0.4, 0.5) is 0 Å². The molecule has 0 fully saturated rings. The number of aromatic amines is 1. The topological polar surface area (TPSA) is 101 Å². The Kier molecular flexibility index (Phi) is 9.00. The number of aromatic nitrogens is 2. The minimum atomic E-state index is -1.50. The zero-order chi connectivity index (χ0) is 21.4. The number of hydrogen-bond acceptors (Lipinski definition) is 4. The minimum absolute atomic E-state index is 0.285. The molecule has 0 saturated heterocycles. The first-order valence-corrected chi connectivity index (χ1v) is 9.62. The molecule has 0 aliphatic carbocycles. The summed E-state index contributed by atoms with van der Waals surface area (Å²) in [7, 11) is 0. The molecule has 1 heterocycles. The Bertz CT molecular complexity index is 919. The molecule has 3 rings (SSSR count). The van der Waals surface area contributed by atoms with Crippen LogP contribution in [0.25, 0.3) is 0 Å². The predicted octanol–water partition coefficient (Wildman–Crippen LogP) is 6.26. The fourth-order valence-electron chi connectivity index (χ4n) is 2.39. The average Bonchev–Trinajstić information content (AvgIpc) is 3.19. The molecule has 29 heavy (non-hydrogen) atoms. The van der Waals surface area contributed by atoms with Gasteiger partial charge in [-0.1, -0.05) is 53.0 Å². The Morgan fingerprint density at radius 3 is 2.31 bits per heavy atom. The highest BCUT2D eigenvalue weighted by Gasteiger charge is 2.26. The highest BCUT2D eigenvalue weighted by atomic mass is 35.5. The Morgan fingerprint density at radius 1 is 1.14 bits per heavy atom. The smallest absolute Gasteiger partial charge is 0.291 e. The van der Waals surface area contributed by atoms with Crippen molar-refractivity contribution in [1.82, 2.24) is 9.97 Å². The lowest BCUT2D eigenvalue weighted by atomic mass is 10.1. The largest absolute Gasteiger partial charge is 0.367 e. The average molecular weight is 479 g/mol. The molecule has 2 atom stereocenters. The van der Waals surface area contributed by atoms with Gasteiger partial charge >= 0.3 is 0 Å². The lowest BCUT2D eigenvalue weighted by Gasteiger charge is -2.22. The number of ether oxygens (including phenoxy) is 1. The van der Waals surface area contributed by atoms with Crippen LogP contribution in [0, 0.1) is 10.1 Å². The van der Waals surface area contributed by atoms with Crippen LogP contribution in [-0.4, -0.2) is 20.3 Å². The van der Waals surface area contributed by atoms with E-state index in [1.807, 2.05) is 18.2 Å². The minimum Gasteiger partial charge on any atom is -0.367 e. The molecule has 0 radical (unpaired) electrons. The van der Waals surface area contributed by atoms with Crippen LogP contribution in [0.2, 0.25) is 15.1 Å². The van der Waals surface area contributed by atoms with Gasteiger partial charge in [-0.15, -0.1) is 21.7 Å². The highest BCUT2D eigenvalue weighted by Crippen LogP contribution is 2.37. The van der Waals surface area contributed by atoms with Crippen molar-refractivity contribution in [1.29, 1.82) is 0 Å². The summed E-state index contributed by atoms with van der Waals surface area (Å²) in [5.41, 5.74) is 1.72. The van der Waals surface area contributed by atoms with Gasteiger partial charge in [-0.25, -0.2) is 4.98 Å². The number of H-pyrrole nitrogens is 1. The maximum absolute atomic E-state index is 8.36. The number of nitrogens with zero attached hydrogens (tertiary/aromatic N) is 2. The molecule has 0 aliphatic rings. The number of hydrogen-bond donors (Lipinski definition) is 2. The standard InChI is InChI=1S/C18H14Cl4N2O.HNO3/c19-13-4-1-11(2-5-13)17(16(22)18-23-7-8-24-18)25-10-12-3-6-14(20)9-15(12)21;2-1(3)4/h1-9,16-17H,10H2,(H,23,24);(H,2,3,4). The summed E-state index contributed by atoms with van der Waals surface area (Å²) in [6.45, 7) is 0.285. The van der Waals surface area contributed by atoms with Crippen molar-refractivity contribution in [2.24, 2.45) is 0 Å². The fraction of sp³-hybridized carbons (Fsp3) is 0.167. The SMILES string of the molecule is Clc1ccc(C(OCc2ccc(Cl)cc2Cl)C(Cl)c2ncc[nH]2)cc1.O=[N+]([O-])O. The van der Waals surface area contributed by atoms with Crippen LogP contribution in [0.3, 0.4) is 0 Å². The third-order valence-electron chi connectivity index (χ3n) is 3.68. The first kappa shape index (κ1) is 23.3. The van der Waals surface area contributed by atoms with Gasteiger partial charge in [0, 0.05) is 27.5 Å². The van der Waals surface area contributed by atoms with Crippen LogP contribution in [0.15, 0.2) is 54.9 Å². The molecule has 0 aliphatic heterocycles. The van der Waals surface area contributed by atoms with Gasteiger partial charge in [0.05, 0.1) is 6.61 Å². The molecule has 0 bridgehead atoms. The first-order chi connectivity index (χ1) is 13.8. The highest BCUT2D eigenvalue weighted by molar-refractivity contribution is 6.35. The second-order valence-electron chi connectivity index (χ2n) is 5.63. The van der Waals surface area contributed by atoms with E-state index in [0.29, 0.717) is 20.9 Å². The molecule has 2 N–H and O–H groups in total. The van der Waals surface area contributed by atoms with Gasteiger partial charge in [0.2, 0.25) is 0 Å². The zero-order valence-corrected chi connectivity index (χ0v) is 17.7. The Balaban J connectivity index is 0.000000687. The van der Waals surface area contributed by atoms with E-state index in [1.54, 1.807) is 36.7 Å². The van der Waals surface area contributed by atoms with Gasteiger partial charge in [-0.3, -0.25) is 0 Å².